The van der Waals surface area contributed by atoms with Gasteiger partial charge in [-0.25, -0.2) is 4.79 Å². The number of fused-ring (bicyclic) bond motifs is 1. The van der Waals surface area contributed by atoms with Gasteiger partial charge in [-0.3, -0.25) is 4.79 Å². The summed E-state index contributed by atoms with van der Waals surface area (Å²) < 4.78 is 4.85. The van der Waals surface area contributed by atoms with Gasteiger partial charge in [0.05, 0.1) is 18.2 Å². The van der Waals surface area contributed by atoms with Gasteiger partial charge in [0.1, 0.15) is 5.00 Å². The molecule has 0 bridgehead atoms. The molecular formula is C14H20N2O3S. The fourth-order valence-electron chi connectivity index (χ4n) is 2.24. The van der Waals surface area contributed by atoms with Gasteiger partial charge in [-0.1, -0.05) is 0 Å². The zero-order chi connectivity index (χ0) is 14.9. The summed E-state index contributed by atoms with van der Waals surface area (Å²) in [6, 6.07) is 0. The van der Waals surface area contributed by atoms with Crippen molar-refractivity contribution in [3.05, 3.63) is 16.0 Å². The van der Waals surface area contributed by atoms with E-state index in [0.29, 0.717) is 10.6 Å². The van der Waals surface area contributed by atoms with Crippen LogP contribution >= 0.6 is 11.3 Å². The maximum Gasteiger partial charge on any atom is 0.341 e. The molecule has 1 aromatic heterocycles. The molecular weight excluding hydrogens is 276 g/mol. The molecule has 1 aliphatic rings. The van der Waals surface area contributed by atoms with Crippen molar-refractivity contribution in [2.24, 2.45) is 5.73 Å². The Balaban J connectivity index is 2.39. The van der Waals surface area contributed by atoms with E-state index in [-0.39, 0.29) is 5.91 Å². The van der Waals surface area contributed by atoms with E-state index in [2.05, 4.69) is 5.32 Å². The number of esters is 1. The molecule has 1 aliphatic carbocycles. The van der Waals surface area contributed by atoms with Gasteiger partial charge >= 0.3 is 5.97 Å². The van der Waals surface area contributed by atoms with E-state index in [9.17, 15) is 9.59 Å². The van der Waals surface area contributed by atoms with Crippen LogP contribution in [-0.2, 0) is 22.4 Å². The van der Waals surface area contributed by atoms with Crippen LogP contribution in [0.4, 0.5) is 5.00 Å². The number of hydrogen-bond acceptors (Lipinski definition) is 5. The van der Waals surface area contributed by atoms with Crippen molar-refractivity contribution in [3.63, 3.8) is 0 Å². The quantitative estimate of drug-likeness (QED) is 0.837. The Morgan fingerprint density at radius 2 is 1.95 bits per heavy atom. The lowest BCUT2D eigenvalue weighted by atomic mass is 9.95. The summed E-state index contributed by atoms with van der Waals surface area (Å²) in [6.45, 7) is 3.27. The molecule has 0 aromatic carbocycles. The van der Waals surface area contributed by atoms with Crippen molar-refractivity contribution in [1.82, 2.24) is 0 Å². The first-order chi connectivity index (χ1) is 9.34. The average Bonchev–Trinajstić information content (AvgIpc) is 2.74. The van der Waals surface area contributed by atoms with Gasteiger partial charge in [0, 0.05) is 4.88 Å². The van der Waals surface area contributed by atoms with Crippen LogP contribution in [0.3, 0.4) is 0 Å². The van der Waals surface area contributed by atoms with E-state index in [1.807, 2.05) is 0 Å². The minimum Gasteiger partial charge on any atom is -0.465 e. The Kier molecular flexibility index (Phi) is 4.15. The normalized spacial score (nSPS) is 14.6. The maximum atomic E-state index is 12.0. The van der Waals surface area contributed by atoms with Crippen molar-refractivity contribution in [2.75, 3.05) is 12.4 Å². The Bertz CT molecular complexity index is 543. The van der Waals surface area contributed by atoms with Crippen LogP contribution in [0.5, 0.6) is 0 Å². The van der Waals surface area contributed by atoms with E-state index in [4.69, 9.17) is 10.5 Å². The van der Waals surface area contributed by atoms with Gasteiger partial charge in [-0.2, -0.15) is 0 Å². The standard InChI is InChI=1S/C14H20N2O3S/c1-14(2,15)13(18)16-11-10(12(17)19-3)8-6-4-5-7-9(8)20-11/h4-7,15H2,1-3H3,(H,16,18). The lowest BCUT2D eigenvalue weighted by Crippen LogP contribution is -2.45. The molecule has 6 heteroatoms. The number of ether oxygens (including phenoxy) is 1. The van der Waals surface area contributed by atoms with Crippen LogP contribution in [0.2, 0.25) is 0 Å². The van der Waals surface area contributed by atoms with Crippen LogP contribution in [0.25, 0.3) is 0 Å². The molecule has 0 saturated heterocycles. The molecule has 0 radical (unpaired) electrons. The average molecular weight is 296 g/mol. The first-order valence-electron chi connectivity index (χ1n) is 6.67. The minimum atomic E-state index is -0.988. The van der Waals surface area contributed by atoms with E-state index in [1.54, 1.807) is 13.8 Å². The van der Waals surface area contributed by atoms with E-state index >= 15 is 0 Å². The number of nitrogens with one attached hydrogen (secondary N) is 1. The van der Waals surface area contributed by atoms with Crippen molar-refractivity contribution < 1.29 is 14.3 Å². The number of thiophene rings is 1. The Morgan fingerprint density at radius 3 is 2.55 bits per heavy atom. The zero-order valence-corrected chi connectivity index (χ0v) is 12.9. The third-order valence-corrected chi connectivity index (χ3v) is 4.58. The number of amides is 1. The zero-order valence-electron chi connectivity index (χ0n) is 12.0. The summed E-state index contributed by atoms with van der Waals surface area (Å²) in [7, 11) is 1.35. The summed E-state index contributed by atoms with van der Waals surface area (Å²) >= 11 is 1.46. The Labute approximate surface area is 122 Å². The topological polar surface area (TPSA) is 81.4 Å². The maximum absolute atomic E-state index is 12.0. The fourth-order valence-corrected chi connectivity index (χ4v) is 3.51. The highest BCUT2D eigenvalue weighted by Gasteiger charge is 2.29. The first kappa shape index (κ1) is 15.0. The molecule has 0 atom stereocenters. The number of carbonyl (C=O) groups excluding carboxylic acids is 2. The molecule has 0 spiro atoms. The van der Waals surface area contributed by atoms with Crippen molar-refractivity contribution in [1.29, 1.82) is 0 Å². The number of anilines is 1. The van der Waals surface area contributed by atoms with Gasteiger partial charge < -0.3 is 15.8 Å². The fraction of sp³-hybridized carbons (Fsp3) is 0.571. The number of carbonyl (C=O) groups is 2. The highest BCUT2D eigenvalue weighted by molar-refractivity contribution is 7.17. The summed E-state index contributed by atoms with van der Waals surface area (Å²) in [5.41, 5.74) is 6.33. The van der Waals surface area contributed by atoms with Gasteiger partial charge in [-0.15, -0.1) is 11.3 Å². The lowest BCUT2D eigenvalue weighted by Gasteiger charge is -2.17. The van der Waals surface area contributed by atoms with Crippen LogP contribution in [0.1, 0.15) is 47.5 Å². The number of hydrogen-bond donors (Lipinski definition) is 2. The van der Waals surface area contributed by atoms with Crippen LogP contribution in [0.15, 0.2) is 0 Å². The van der Waals surface area contributed by atoms with Crippen molar-refractivity contribution in [3.8, 4) is 0 Å². The number of nitrogens with two attached hydrogens (primary N) is 1. The Hall–Kier alpha value is -1.40. The summed E-state index contributed by atoms with van der Waals surface area (Å²) in [6.07, 6.45) is 3.98. The van der Waals surface area contributed by atoms with Crippen LogP contribution in [0, 0.1) is 0 Å². The third-order valence-electron chi connectivity index (χ3n) is 3.37. The molecule has 0 unspecified atom stereocenters. The molecule has 2 rings (SSSR count). The monoisotopic (exact) mass is 296 g/mol. The van der Waals surface area contributed by atoms with Crippen LogP contribution in [-0.4, -0.2) is 24.5 Å². The summed E-state index contributed by atoms with van der Waals surface area (Å²) in [4.78, 5) is 25.2. The predicted octanol–water partition coefficient (Wildman–Crippen LogP) is 2.09. The highest BCUT2D eigenvalue weighted by Crippen LogP contribution is 2.38. The van der Waals surface area contributed by atoms with E-state index in [1.165, 1.54) is 23.3 Å². The largest absolute Gasteiger partial charge is 0.465 e. The first-order valence-corrected chi connectivity index (χ1v) is 7.49. The molecule has 20 heavy (non-hydrogen) atoms. The second-order valence-corrected chi connectivity index (χ2v) is 6.69. The molecule has 0 fully saturated rings. The van der Waals surface area contributed by atoms with Gasteiger partial charge in [-0.05, 0) is 45.1 Å². The van der Waals surface area contributed by atoms with Gasteiger partial charge in [0.2, 0.25) is 5.91 Å². The third kappa shape index (κ3) is 2.86. The number of methoxy groups -OCH3 is 1. The number of rotatable bonds is 3. The van der Waals surface area contributed by atoms with Gasteiger partial charge in [0.25, 0.3) is 0 Å². The van der Waals surface area contributed by atoms with Gasteiger partial charge in [0.15, 0.2) is 0 Å². The van der Waals surface area contributed by atoms with Crippen molar-refractivity contribution in [2.45, 2.75) is 45.1 Å². The second kappa shape index (κ2) is 5.54. The van der Waals surface area contributed by atoms with E-state index in [0.717, 1.165) is 31.2 Å². The minimum absolute atomic E-state index is 0.304. The molecule has 1 amide bonds. The van der Waals surface area contributed by atoms with E-state index < -0.39 is 11.5 Å². The molecule has 0 saturated carbocycles. The van der Waals surface area contributed by atoms with Crippen LogP contribution < -0.4 is 11.1 Å². The smallest absolute Gasteiger partial charge is 0.341 e. The number of aryl methyl sites for hydroxylation is 1. The predicted molar refractivity (Wildman–Crippen MR) is 79.2 cm³/mol. The highest BCUT2D eigenvalue weighted by atomic mass is 32.1. The molecule has 0 aliphatic heterocycles. The Morgan fingerprint density at radius 1 is 1.30 bits per heavy atom. The summed E-state index contributed by atoms with van der Waals surface area (Å²) in [5.74, 6) is -0.698. The SMILES string of the molecule is COC(=O)c1c(NC(=O)C(C)(C)N)sc2c1CCCC2. The molecule has 110 valence electrons. The second-order valence-electron chi connectivity index (χ2n) is 5.58. The molecule has 1 heterocycles. The lowest BCUT2D eigenvalue weighted by molar-refractivity contribution is -0.120. The molecule has 1 aromatic rings. The molecule has 3 N–H and O–H groups in total. The summed E-state index contributed by atoms with van der Waals surface area (Å²) in [5, 5.41) is 3.34. The molecule has 5 nitrogen and oxygen atoms in total. The van der Waals surface area contributed by atoms with Crippen molar-refractivity contribution >= 4 is 28.2 Å².